The highest BCUT2D eigenvalue weighted by molar-refractivity contribution is 5.94. The molecule has 3 fully saturated rings. The van der Waals surface area contributed by atoms with Gasteiger partial charge in [-0.15, -0.1) is 0 Å². The molecule has 1 saturated heterocycles. The van der Waals surface area contributed by atoms with Crippen molar-refractivity contribution < 1.29 is 87.8 Å². The summed E-state index contributed by atoms with van der Waals surface area (Å²) in [4.78, 5) is 72.1. The molecule has 2 bridgehead atoms. The van der Waals surface area contributed by atoms with Gasteiger partial charge in [-0.3, -0.25) is 9.59 Å². The van der Waals surface area contributed by atoms with Gasteiger partial charge in [0.05, 0.1) is 62.1 Å². The minimum Gasteiger partial charge on any atom is -0.456 e. The van der Waals surface area contributed by atoms with Crippen LogP contribution in [0.25, 0.3) is 0 Å². The summed E-state index contributed by atoms with van der Waals surface area (Å²) in [6.07, 6.45) is -11.8. The van der Waals surface area contributed by atoms with E-state index < -0.39 is 150 Å². The van der Waals surface area contributed by atoms with Gasteiger partial charge in [0.1, 0.15) is 46.8 Å². The minimum atomic E-state index is -2.49. The highest BCUT2D eigenvalue weighted by Crippen LogP contribution is 2.65. The van der Waals surface area contributed by atoms with Crippen LogP contribution in [0.1, 0.15) is 104 Å². The molecule has 3 aliphatic carbocycles. The number of Topliss-reactive ketones (excluding diaryl/α,β-unsaturated/α-hetero) is 1. The van der Waals surface area contributed by atoms with Crippen molar-refractivity contribution in [1.29, 1.82) is 0 Å². The van der Waals surface area contributed by atoms with E-state index in [1.165, 1.54) is 39.8 Å². The SMILES string of the molecule is CC(=O)O[C@@]12CO[C@@H]1C[C@H](OC(C)(CO)CO)[C@@]1(C)C(=O)[C@H](OC(C)(CO)CO)C3=C(C)[C@@H](OC(=O)[C@H](O)[C@@H](NC(=O)OC(C)(C)C)c4ccccc4)C[C@@](O)([C@@H](OC(=O)c4ccccc4)C12)C3(C)C. The number of rotatable bonds is 16. The lowest BCUT2D eigenvalue weighted by Crippen LogP contribution is -2.82. The van der Waals surface area contributed by atoms with Crippen molar-refractivity contribution in [2.45, 2.75) is 153 Å². The standard InChI is InChI=1S/C51H69NO18/c1-28-32(65-43(61)37(58)36(30-17-13-11-14-18-30)52-44(62)70-45(3,4)5)22-51(63)41(66-42(60)31-19-15-12-16-20-31)39-49(10,40(59)38(35(28)46(51,6)7)69-48(9,25-55)26-56)33(68-47(8,23-53)24-54)21-34-50(39,27-64-34)67-29(2)57/h11-20,32-34,36-39,41,53-56,58,63H,21-27H2,1-10H3,(H,52,62)/t32-,33-,34+,36-,37+,38+,39?,41-,49+,50-,51+/m0/s1. The molecule has 19 heteroatoms. The molecule has 1 unspecified atom stereocenters. The number of fused-ring (bicyclic) bond motifs is 5. The molecular weight excluding hydrogens is 915 g/mol. The largest absolute Gasteiger partial charge is 0.456 e. The van der Waals surface area contributed by atoms with Crippen LogP contribution in [-0.2, 0) is 47.5 Å². The lowest BCUT2D eigenvalue weighted by Gasteiger charge is -2.68. The fourth-order valence-electron chi connectivity index (χ4n) is 10.7. The van der Waals surface area contributed by atoms with E-state index in [1.807, 2.05) is 0 Å². The van der Waals surface area contributed by atoms with Crippen molar-refractivity contribution in [3.05, 3.63) is 82.9 Å². The van der Waals surface area contributed by atoms with Gasteiger partial charge in [0.15, 0.2) is 17.5 Å². The van der Waals surface area contributed by atoms with E-state index >= 15 is 4.79 Å². The van der Waals surface area contributed by atoms with Gasteiger partial charge in [-0.2, -0.15) is 0 Å². The number of esters is 3. The second-order valence-corrected chi connectivity index (χ2v) is 21.3. The van der Waals surface area contributed by atoms with Gasteiger partial charge >= 0.3 is 24.0 Å². The van der Waals surface area contributed by atoms with Crippen LogP contribution in [0.2, 0.25) is 0 Å². The molecule has 1 amide bonds. The minimum absolute atomic E-state index is 0.0276. The summed E-state index contributed by atoms with van der Waals surface area (Å²) < 4.78 is 43.7. The first kappa shape index (κ1) is 54.5. The Labute approximate surface area is 407 Å². The van der Waals surface area contributed by atoms with Crippen LogP contribution in [0.15, 0.2) is 71.8 Å². The molecule has 0 spiro atoms. The maximum absolute atomic E-state index is 16.4. The summed E-state index contributed by atoms with van der Waals surface area (Å²) in [7, 11) is 0. The van der Waals surface area contributed by atoms with Crippen LogP contribution >= 0.6 is 0 Å². The Hall–Kier alpha value is -4.83. The summed E-state index contributed by atoms with van der Waals surface area (Å²) in [5.41, 5.74) is -12.4. The molecule has 19 nitrogen and oxygen atoms in total. The number of hydrogen-bond acceptors (Lipinski definition) is 18. The lowest BCUT2D eigenvalue weighted by atomic mass is 9.44. The van der Waals surface area contributed by atoms with Crippen LogP contribution in [0, 0.1) is 16.7 Å². The fraction of sp³-hybridized carbons (Fsp3) is 0.627. The van der Waals surface area contributed by atoms with Gasteiger partial charge in [-0.25, -0.2) is 14.4 Å². The van der Waals surface area contributed by atoms with Gasteiger partial charge in [0.25, 0.3) is 0 Å². The molecular formula is C51H69NO18. The Bertz CT molecular complexity index is 2290. The first-order chi connectivity index (χ1) is 32.6. The lowest BCUT2D eigenvalue weighted by molar-refractivity contribution is -0.356. The fourth-order valence-corrected chi connectivity index (χ4v) is 10.7. The molecule has 0 aromatic heterocycles. The average molecular weight is 984 g/mol. The first-order valence-corrected chi connectivity index (χ1v) is 23.4. The van der Waals surface area contributed by atoms with Crippen LogP contribution in [0.3, 0.4) is 0 Å². The molecule has 2 aromatic rings. The van der Waals surface area contributed by atoms with Gasteiger partial charge in [-0.1, -0.05) is 62.4 Å². The number of alkyl carbamates (subject to hydrolysis) is 1. The molecule has 1 aliphatic heterocycles. The monoisotopic (exact) mass is 983 g/mol. The number of hydrogen-bond donors (Lipinski definition) is 7. The molecule has 11 atom stereocenters. The molecule has 4 aliphatic rings. The Morgan fingerprint density at radius 1 is 0.843 bits per heavy atom. The van der Waals surface area contributed by atoms with Crippen LogP contribution in [0.5, 0.6) is 0 Å². The molecule has 6 rings (SSSR count). The Morgan fingerprint density at radius 2 is 1.40 bits per heavy atom. The zero-order valence-electron chi connectivity index (χ0n) is 41.4. The zero-order chi connectivity index (χ0) is 52.0. The number of carbonyl (C=O) groups excluding carboxylic acids is 5. The number of ketones is 1. The zero-order valence-corrected chi connectivity index (χ0v) is 41.4. The highest BCUT2D eigenvalue weighted by Gasteiger charge is 2.79. The van der Waals surface area contributed by atoms with E-state index in [0.717, 1.165) is 6.92 Å². The third kappa shape index (κ3) is 9.88. The molecule has 0 radical (unpaired) electrons. The number of ether oxygens (including phenoxy) is 7. The number of benzene rings is 2. The van der Waals surface area contributed by atoms with Crippen molar-refractivity contribution in [2.75, 3.05) is 33.0 Å². The topological polar surface area (TPSA) is 283 Å². The van der Waals surface area contributed by atoms with E-state index in [-0.39, 0.29) is 29.7 Å². The van der Waals surface area contributed by atoms with Crippen LogP contribution in [0.4, 0.5) is 4.79 Å². The molecule has 7 N–H and O–H groups in total. The van der Waals surface area contributed by atoms with Crippen molar-refractivity contribution in [3.63, 3.8) is 0 Å². The second-order valence-electron chi connectivity index (χ2n) is 21.3. The summed E-state index contributed by atoms with van der Waals surface area (Å²) in [6, 6.07) is 14.4. The van der Waals surface area contributed by atoms with E-state index in [4.69, 9.17) is 33.2 Å². The predicted molar refractivity (Wildman–Crippen MR) is 246 cm³/mol. The van der Waals surface area contributed by atoms with E-state index in [0.29, 0.717) is 5.56 Å². The highest BCUT2D eigenvalue weighted by atomic mass is 16.6. The number of aliphatic hydroxyl groups excluding tert-OH is 5. The molecule has 70 heavy (non-hydrogen) atoms. The number of amides is 1. The van der Waals surface area contributed by atoms with Crippen LogP contribution in [-0.4, -0.2) is 158 Å². The van der Waals surface area contributed by atoms with Crippen molar-refractivity contribution >= 4 is 29.8 Å². The van der Waals surface area contributed by atoms with E-state index in [2.05, 4.69) is 5.32 Å². The third-order valence-electron chi connectivity index (χ3n) is 14.7. The van der Waals surface area contributed by atoms with E-state index in [1.54, 1.807) is 83.1 Å². The van der Waals surface area contributed by atoms with Crippen molar-refractivity contribution in [3.8, 4) is 0 Å². The van der Waals surface area contributed by atoms with E-state index in [9.17, 15) is 49.8 Å². The van der Waals surface area contributed by atoms with Crippen molar-refractivity contribution in [2.24, 2.45) is 16.7 Å². The summed E-state index contributed by atoms with van der Waals surface area (Å²) in [5.74, 6) is -5.59. The molecule has 2 saturated carbocycles. The number of aliphatic hydroxyl groups is 6. The Balaban J connectivity index is 1.63. The summed E-state index contributed by atoms with van der Waals surface area (Å²) in [6.45, 7) is 11.3. The molecule has 386 valence electrons. The Kier molecular flexibility index (Phi) is 15.6. The summed E-state index contributed by atoms with van der Waals surface area (Å²) in [5, 5.41) is 71.1. The predicted octanol–water partition coefficient (Wildman–Crippen LogP) is 2.79. The van der Waals surface area contributed by atoms with Gasteiger partial charge in [0, 0.05) is 25.2 Å². The van der Waals surface area contributed by atoms with Gasteiger partial charge in [0.2, 0.25) is 0 Å². The third-order valence-corrected chi connectivity index (χ3v) is 14.7. The maximum atomic E-state index is 16.4. The maximum Gasteiger partial charge on any atom is 0.408 e. The molecule has 2 aromatic carbocycles. The second kappa shape index (κ2) is 20.0. The number of carbonyl (C=O) groups is 5. The smallest absolute Gasteiger partial charge is 0.408 e. The summed E-state index contributed by atoms with van der Waals surface area (Å²) >= 11 is 0. The molecule has 1 heterocycles. The van der Waals surface area contributed by atoms with Crippen LogP contribution < -0.4 is 5.32 Å². The van der Waals surface area contributed by atoms with Gasteiger partial charge in [-0.05, 0) is 77.3 Å². The first-order valence-electron chi connectivity index (χ1n) is 23.4. The quantitative estimate of drug-likeness (QED) is 0.0723. The number of nitrogens with one attached hydrogen (secondary N) is 1. The Morgan fingerprint density at radius 3 is 1.91 bits per heavy atom. The normalized spacial score (nSPS) is 30.5. The van der Waals surface area contributed by atoms with Gasteiger partial charge < -0.3 is 69.1 Å². The average Bonchev–Trinajstić information content (AvgIpc) is 3.30. The van der Waals surface area contributed by atoms with Crippen molar-refractivity contribution in [1.82, 2.24) is 5.32 Å².